The van der Waals surface area contributed by atoms with E-state index < -0.39 is 6.10 Å². The van der Waals surface area contributed by atoms with Gasteiger partial charge in [-0.3, -0.25) is 9.69 Å². The minimum absolute atomic E-state index is 0.0225. The molecule has 0 aromatic heterocycles. The summed E-state index contributed by atoms with van der Waals surface area (Å²) in [6, 6.07) is 0. The summed E-state index contributed by atoms with van der Waals surface area (Å²) < 4.78 is 5.48. The number of carbonyl (C=O) groups is 1. The first-order chi connectivity index (χ1) is 11.3. The molecular formula is C19H36N2O3. The molecule has 140 valence electrons. The molecule has 0 radical (unpaired) electrons. The van der Waals surface area contributed by atoms with Gasteiger partial charge >= 0.3 is 0 Å². The van der Waals surface area contributed by atoms with E-state index in [1.165, 1.54) is 12.8 Å². The molecule has 0 spiro atoms. The molecule has 0 aromatic rings. The van der Waals surface area contributed by atoms with E-state index in [2.05, 4.69) is 10.2 Å². The topological polar surface area (TPSA) is 61.8 Å². The van der Waals surface area contributed by atoms with Gasteiger partial charge < -0.3 is 15.2 Å². The number of nitrogens with zero attached hydrogens (tertiary/aromatic N) is 1. The number of hydrogen-bond donors (Lipinski definition) is 2. The average Bonchev–Trinajstić information content (AvgIpc) is 3.03. The second-order valence-corrected chi connectivity index (χ2v) is 8.66. The van der Waals surface area contributed by atoms with Crippen LogP contribution in [0.3, 0.4) is 0 Å². The van der Waals surface area contributed by atoms with Gasteiger partial charge in [-0.1, -0.05) is 40.5 Å². The minimum atomic E-state index is -0.419. The fourth-order valence-electron chi connectivity index (χ4n) is 4.37. The largest absolute Gasteiger partial charge is 0.392 e. The maximum absolute atomic E-state index is 12.6. The van der Waals surface area contributed by atoms with Crippen LogP contribution in [0, 0.1) is 11.3 Å². The lowest BCUT2D eigenvalue weighted by atomic mass is 9.80. The number of hydrogen-bond acceptors (Lipinski definition) is 4. The summed E-state index contributed by atoms with van der Waals surface area (Å²) in [6.45, 7) is 12.0. The van der Waals surface area contributed by atoms with Crippen LogP contribution in [-0.2, 0) is 9.53 Å². The first-order valence-electron chi connectivity index (χ1n) is 9.54. The van der Waals surface area contributed by atoms with Crippen LogP contribution in [-0.4, -0.2) is 60.4 Å². The Balaban J connectivity index is 1.91. The van der Waals surface area contributed by atoms with E-state index in [-0.39, 0.29) is 22.8 Å². The molecule has 1 saturated carbocycles. The summed E-state index contributed by atoms with van der Waals surface area (Å²) in [5, 5.41) is 13.4. The van der Waals surface area contributed by atoms with Crippen molar-refractivity contribution >= 4 is 5.91 Å². The summed E-state index contributed by atoms with van der Waals surface area (Å²) in [5.41, 5.74) is -0.291. The third-order valence-corrected chi connectivity index (χ3v) is 5.88. The predicted molar refractivity (Wildman–Crippen MR) is 95.8 cm³/mol. The first kappa shape index (κ1) is 19.7. The summed E-state index contributed by atoms with van der Waals surface area (Å²) in [5.74, 6) is 0.304. The Kier molecular flexibility index (Phi) is 6.68. The summed E-state index contributed by atoms with van der Waals surface area (Å²) >= 11 is 0. The lowest BCUT2D eigenvalue weighted by molar-refractivity contribution is -0.126. The van der Waals surface area contributed by atoms with Crippen molar-refractivity contribution in [2.45, 2.75) is 71.4 Å². The highest BCUT2D eigenvalue weighted by atomic mass is 16.5. The van der Waals surface area contributed by atoms with Gasteiger partial charge in [0.15, 0.2) is 0 Å². The molecule has 1 heterocycles. The van der Waals surface area contributed by atoms with Crippen LogP contribution in [0.4, 0.5) is 0 Å². The van der Waals surface area contributed by atoms with Gasteiger partial charge in [-0.05, 0) is 18.8 Å². The Morgan fingerprint density at radius 3 is 2.38 bits per heavy atom. The molecular weight excluding hydrogens is 304 g/mol. The van der Waals surface area contributed by atoms with Gasteiger partial charge in [0.2, 0.25) is 5.91 Å². The van der Waals surface area contributed by atoms with Crippen LogP contribution < -0.4 is 5.32 Å². The van der Waals surface area contributed by atoms with E-state index in [4.69, 9.17) is 4.74 Å². The highest BCUT2D eigenvalue weighted by molar-refractivity contribution is 5.77. The smallest absolute Gasteiger partial charge is 0.221 e. The number of nitrogens with one attached hydrogen (secondary N) is 1. The van der Waals surface area contributed by atoms with Crippen molar-refractivity contribution < 1.29 is 14.6 Å². The van der Waals surface area contributed by atoms with Crippen LogP contribution in [0.5, 0.6) is 0 Å². The molecule has 2 rings (SSSR count). The van der Waals surface area contributed by atoms with Crippen LogP contribution >= 0.6 is 0 Å². The fraction of sp³-hybridized carbons (Fsp3) is 0.947. The molecule has 24 heavy (non-hydrogen) atoms. The van der Waals surface area contributed by atoms with Gasteiger partial charge in [0.25, 0.3) is 0 Å². The molecule has 5 heteroatoms. The Morgan fingerprint density at radius 1 is 1.25 bits per heavy atom. The fourth-order valence-corrected chi connectivity index (χ4v) is 4.37. The lowest BCUT2D eigenvalue weighted by Crippen LogP contribution is -2.54. The molecule has 1 amide bonds. The van der Waals surface area contributed by atoms with Gasteiger partial charge in [-0.2, -0.15) is 0 Å². The quantitative estimate of drug-likeness (QED) is 0.746. The van der Waals surface area contributed by atoms with Gasteiger partial charge in [-0.15, -0.1) is 0 Å². The Hall–Kier alpha value is -0.650. The first-order valence-corrected chi connectivity index (χ1v) is 9.54. The third-order valence-electron chi connectivity index (χ3n) is 5.88. The molecule has 0 bridgehead atoms. The van der Waals surface area contributed by atoms with Crippen molar-refractivity contribution in [3.8, 4) is 0 Å². The number of rotatable bonds is 7. The maximum atomic E-state index is 12.6. The number of carbonyl (C=O) groups excluding carboxylic acids is 1. The molecule has 1 atom stereocenters. The second kappa shape index (κ2) is 8.15. The van der Waals surface area contributed by atoms with Crippen molar-refractivity contribution in [2.24, 2.45) is 11.3 Å². The molecule has 1 unspecified atom stereocenters. The molecule has 1 aliphatic carbocycles. The number of ether oxygens (including phenoxy) is 1. The van der Waals surface area contributed by atoms with Gasteiger partial charge in [-0.25, -0.2) is 0 Å². The van der Waals surface area contributed by atoms with Crippen molar-refractivity contribution in [1.29, 1.82) is 0 Å². The Labute approximate surface area is 147 Å². The zero-order valence-corrected chi connectivity index (χ0v) is 15.9. The highest BCUT2D eigenvalue weighted by Crippen LogP contribution is 2.38. The number of morpholine rings is 1. The molecule has 2 N–H and O–H groups in total. The summed E-state index contributed by atoms with van der Waals surface area (Å²) in [7, 11) is 0. The molecule has 2 aliphatic rings. The van der Waals surface area contributed by atoms with E-state index in [1.807, 2.05) is 27.7 Å². The number of aliphatic hydroxyl groups is 1. The van der Waals surface area contributed by atoms with Crippen molar-refractivity contribution in [2.75, 3.05) is 32.8 Å². The minimum Gasteiger partial charge on any atom is -0.392 e. The van der Waals surface area contributed by atoms with E-state index >= 15 is 0 Å². The van der Waals surface area contributed by atoms with Crippen LogP contribution in [0.25, 0.3) is 0 Å². The van der Waals surface area contributed by atoms with Crippen LogP contribution in [0.15, 0.2) is 0 Å². The second-order valence-electron chi connectivity index (χ2n) is 8.66. The third kappa shape index (κ3) is 4.70. The van der Waals surface area contributed by atoms with Crippen molar-refractivity contribution in [3.63, 3.8) is 0 Å². The van der Waals surface area contributed by atoms with Crippen molar-refractivity contribution in [1.82, 2.24) is 10.2 Å². The molecule has 1 saturated heterocycles. The van der Waals surface area contributed by atoms with Crippen LogP contribution in [0.2, 0.25) is 0 Å². The standard InChI is InChI=1S/C19H36N2O3/c1-15(2)17(23)18(3,4)14-20-16(22)13-19(7-5-6-8-19)21-9-11-24-12-10-21/h15,17,23H,5-14H2,1-4H3,(H,20,22). The Morgan fingerprint density at radius 2 is 1.83 bits per heavy atom. The predicted octanol–water partition coefficient (Wildman–Crippen LogP) is 2.18. The average molecular weight is 341 g/mol. The summed E-state index contributed by atoms with van der Waals surface area (Å²) in [6.07, 6.45) is 4.79. The molecule has 5 nitrogen and oxygen atoms in total. The van der Waals surface area contributed by atoms with E-state index in [1.54, 1.807) is 0 Å². The Bertz CT molecular complexity index is 411. The van der Waals surface area contributed by atoms with Gasteiger partial charge in [0.1, 0.15) is 0 Å². The van der Waals surface area contributed by atoms with Crippen LogP contribution in [0.1, 0.15) is 59.8 Å². The SMILES string of the molecule is CC(C)C(O)C(C)(C)CNC(=O)CC1(N2CCOCC2)CCCC1. The normalized spacial score (nSPS) is 23.4. The van der Waals surface area contributed by atoms with E-state index in [9.17, 15) is 9.90 Å². The van der Waals surface area contributed by atoms with Gasteiger partial charge in [0, 0.05) is 37.0 Å². The maximum Gasteiger partial charge on any atom is 0.221 e. The van der Waals surface area contributed by atoms with E-state index in [0.717, 1.165) is 39.1 Å². The zero-order valence-electron chi connectivity index (χ0n) is 15.9. The summed E-state index contributed by atoms with van der Waals surface area (Å²) in [4.78, 5) is 15.1. The molecule has 2 fully saturated rings. The monoisotopic (exact) mass is 340 g/mol. The zero-order chi connectivity index (χ0) is 17.8. The number of aliphatic hydroxyl groups excluding tert-OH is 1. The van der Waals surface area contributed by atoms with Gasteiger partial charge in [0.05, 0.1) is 19.3 Å². The molecule has 1 aliphatic heterocycles. The molecule has 0 aromatic carbocycles. The van der Waals surface area contributed by atoms with Crippen molar-refractivity contribution in [3.05, 3.63) is 0 Å². The number of amides is 1. The van der Waals surface area contributed by atoms with E-state index in [0.29, 0.717) is 13.0 Å². The highest BCUT2D eigenvalue weighted by Gasteiger charge is 2.42. The lowest BCUT2D eigenvalue weighted by Gasteiger charge is -2.43.